The fraction of sp³-hybridized carbons (Fsp3) is 0.550. The Morgan fingerprint density at radius 1 is 1.25 bits per heavy atom. The van der Waals surface area contributed by atoms with Crippen molar-refractivity contribution in [2.24, 2.45) is 7.05 Å². The minimum absolute atomic E-state index is 0.0525. The Balaban J connectivity index is 1.42. The summed E-state index contributed by atoms with van der Waals surface area (Å²) in [5, 5.41) is 13.9. The molecule has 3 aromatic rings. The van der Waals surface area contributed by atoms with Crippen LogP contribution in [0, 0.1) is 0 Å². The van der Waals surface area contributed by atoms with Crippen molar-refractivity contribution in [3.8, 4) is 5.69 Å². The number of imidazole rings is 1. The second-order valence-corrected chi connectivity index (χ2v) is 8.08. The summed E-state index contributed by atoms with van der Waals surface area (Å²) in [5.41, 5.74) is 2.13. The summed E-state index contributed by atoms with van der Waals surface area (Å²) in [6.45, 7) is 4.66. The van der Waals surface area contributed by atoms with Crippen molar-refractivity contribution in [3.63, 3.8) is 0 Å². The fourth-order valence-electron chi connectivity index (χ4n) is 4.05. The molecule has 12 nitrogen and oxygen atoms in total. The quantitative estimate of drug-likeness (QED) is 0.472. The molecule has 5 heterocycles. The van der Waals surface area contributed by atoms with Gasteiger partial charge in [-0.1, -0.05) is 0 Å². The third kappa shape index (κ3) is 4.36. The van der Waals surface area contributed by atoms with E-state index < -0.39 is 0 Å². The highest BCUT2D eigenvalue weighted by Gasteiger charge is 2.21. The number of hydrogen-bond donors (Lipinski definition) is 3. The van der Waals surface area contributed by atoms with Crippen molar-refractivity contribution < 1.29 is 9.53 Å². The van der Waals surface area contributed by atoms with Gasteiger partial charge in [0, 0.05) is 32.4 Å². The highest BCUT2D eigenvalue weighted by molar-refractivity contribution is 5.88. The maximum Gasteiger partial charge on any atom is 0.239 e. The number of piperidine rings is 1. The Kier molecular flexibility index (Phi) is 5.86. The van der Waals surface area contributed by atoms with Crippen molar-refractivity contribution in [1.29, 1.82) is 0 Å². The van der Waals surface area contributed by atoms with Crippen molar-refractivity contribution in [2.45, 2.75) is 18.9 Å². The lowest BCUT2D eigenvalue weighted by Gasteiger charge is -2.27. The zero-order chi connectivity index (χ0) is 21.9. The van der Waals surface area contributed by atoms with Gasteiger partial charge in [0.25, 0.3) is 0 Å². The number of aromatic nitrogens is 6. The van der Waals surface area contributed by atoms with E-state index in [0.29, 0.717) is 49.2 Å². The van der Waals surface area contributed by atoms with Gasteiger partial charge in [0.15, 0.2) is 17.0 Å². The van der Waals surface area contributed by atoms with E-state index in [1.165, 1.54) is 0 Å². The number of carbonyl (C=O) groups excluding carboxylic acids is 1. The standard InChI is InChI=1S/C20H28N10O2/c1-28-12-15(10-24-28)30-13-23-17-18(22-11-16(31)25-14-2-4-21-5-3-14)26-20(27-19(17)30)29-6-8-32-9-7-29/h10,12-14,21H,2-9,11H2,1H3,(H,25,31)(H,22,26,27). The van der Waals surface area contributed by atoms with Crippen molar-refractivity contribution in [2.75, 3.05) is 56.2 Å². The first kappa shape index (κ1) is 20.6. The molecule has 0 spiro atoms. The van der Waals surface area contributed by atoms with Crippen molar-refractivity contribution >= 4 is 28.8 Å². The summed E-state index contributed by atoms with van der Waals surface area (Å²) in [6, 6.07) is 0.213. The summed E-state index contributed by atoms with van der Waals surface area (Å²) < 4.78 is 9.09. The van der Waals surface area contributed by atoms with Gasteiger partial charge < -0.3 is 25.6 Å². The molecule has 0 aromatic carbocycles. The van der Waals surface area contributed by atoms with E-state index in [2.05, 4.69) is 30.9 Å². The first-order chi connectivity index (χ1) is 15.7. The molecule has 32 heavy (non-hydrogen) atoms. The number of carbonyl (C=O) groups is 1. The number of aryl methyl sites for hydroxylation is 1. The number of fused-ring (bicyclic) bond motifs is 1. The molecule has 0 atom stereocenters. The van der Waals surface area contributed by atoms with Crippen LogP contribution in [0.25, 0.3) is 16.9 Å². The van der Waals surface area contributed by atoms with Crippen LogP contribution in [-0.4, -0.2) is 87.2 Å². The maximum atomic E-state index is 12.5. The predicted octanol–water partition coefficient (Wildman–Crippen LogP) is -0.334. The Bertz CT molecular complexity index is 1080. The zero-order valence-electron chi connectivity index (χ0n) is 18.1. The molecule has 1 amide bonds. The van der Waals surface area contributed by atoms with Crippen LogP contribution < -0.4 is 20.9 Å². The summed E-state index contributed by atoms with van der Waals surface area (Å²) in [6.07, 6.45) is 7.26. The number of amides is 1. The van der Waals surface area contributed by atoms with Gasteiger partial charge >= 0.3 is 0 Å². The topological polar surface area (TPSA) is 127 Å². The molecule has 2 fully saturated rings. The van der Waals surface area contributed by atoms with E-state index in [9.17, 15) is 4.79 Å². The minimum atomic E-state index is -0.0525. The molecule has 0 radical (unpaired) electrons. The predicted molar refractivity (Wildman–Crippen MR) is 119 cm³/mol. The maximum absolute atomic E-state index is 12.5. The Hall–Kier alpha value is -3.25. The number of morpholine rings is 1. The number of hydrogen-bond acceptors (Lipinski definition) is 9. The van der Waals surface area contributed by atoms with Crippen LogP contribution in [0.5, 0.6) is 0 Å². The molecule has 2 aliphatic heterocycles. The first-order valence-corrected chi connectivity index (χ1v) is 11.0. The van der Waals surface area contributed by atoms with E-state index >= 15 is 0 Å². The second kappa shape index (κ2) is 9.09. The van der Waals surface area contributed by atoms with Crippen LogP contribution in [-0.2, 0) is 16.6 Å². The molecule has 3 N–H and O–H groups in total. The van der Waals surface area contributed by atoms with Gasteiger partial charge in [0.05, 0.1) is 31.6 Å². The van der Waals surface area contributed by atoms with Crippen LogP contribution in [0.1, 0.15) is 12.8 Å². The molecule has 170 valence electrons. The third-order valence-corrected chi connectivity index (χ3v) is 5.77. The van der Waals surface area contributed by atoms with Gasteiger partial charge in [-0.15, -0.1) is 0 Å². The Labute approximate surface area is 185 Å². The lowest BCUT2D eigenvalue weighted by atomic mass is 10.1. The summed E-state index contributed by atoms with van der Waals surface area (Å²) in [4.78, 5) is 28.7. The fourth-order valence-corrected chi connectivity index (χ4v) is 4.05. The SMILES string of the molecule is Cn1cc(-n2cnc3c(NCC(=O)NC4CCNCC4)nc(N4CCOCC4)nc32)cn1. The molecule has 0 bridgehead atoms. The smallest absolute Gasteiger partial charge is 0.239 e. The number of nitrogens with zero attached hydrogens (tertiary/aromatic N) is 7. The van der Waals surface area contributed by atoms with E-state index in [1.807, 2.05) is 17.8 Å². The average Bonchev–Trinajstić information content (AvgIpc) is 3.44. The second-order valence-electron chi connectivity index (χ2n) is 8.08. The number of anilines is 2. The van der Waals surface area contributed by atoms with Crippen LogP contribution in [0.2, 0.25) is 0 Å². The van der Waals surface area contributed by atoms with E-state index in [1.54, 1.807) is 17.2 Å². The van der Waals surface area contributed by atoms with Gasteiger partial charge in [-0.05, 0) is 25.9 Å². The van der Waals surface area contributed by atoms with Crippen LogP contribution >= 0.6 is 0 Å². The average molecular weight is 441 g/mol. The number of nitrogens with one attached hydrogen (secondary N) is 3. The Morgan fingerprint density at radius 3 is 2.81 bits per heavy atom. The monoisotopic (exact) mass is 440 g/mol. The Morgan fingerprint density at radius 2 is 2.06 bits per heavy atom. The van der Waals surface area contributed by atoms with Gasteiger partial charge in [0.1, 0.15) is 6.33 Å². The molecular weight excluding hydrogens is 412 g/mol. The summed E-state index contributed by atoms with van der Waals surface area (Å²) in [7, 11) is 1.87. The molecular formula is C20H28N10O2. The molecule has 5 rings (SSSR count). The number of rotatable bonds is 6. The molecule has 12 heteroatoms. The van der Waals surface area contributed by atoms with Gasteiger partial charge in [-0.2, -0.15) is 15.1 Å². The van der Waals surface area contributed by atoms with Crippen LogP contribution in [0.3, 0.4) is 0 Å². The number of ether oxygens (including phenoxy) is 1. The van der Waals surface area contributed by atoms with Gasteiger partial charge in [0.2, 0.25) is 11.9 Å². The molecule has 2 aliphatic rings. The lowest BCUT2D eigenvalue weighted by molar-refractivity contribution is -0.120. The van der Waals surface area contributed by atoms with Crippen molar-refractivity contribution in [3.05, 3.63) is 18.7 Å². The van der Waals surface area contributed by atoms with E-state index in [0.717, 1.165) is 31.6 Å². The molecule has 0 saturated carbocycles. The van der Waals surface area contributed by atoms with Crippen LogP contribution in [0.15, 0.2) is 18.7 Å². The minimum Gasteiger partial charge on any atom is -0.378 e. The molecule has 3 aromatic heterocycles. The van der Waals surface area contributed by atoms with Crippen molar-refractivity contribution in [1.82, 2.24) is 39.9 Å². The first-order valence-electron chi connectivity index (χ1n) is 11.0. The highest BCUT2D eigenvalue weighted by Crippen LogP contribution is 2.25. The van der Waals surface area contributed by atoms with Crippen LogP contribution in [0.4, 0.5) is 11.8 Å². The van der Waals surface area contributed by atoms with E-state index in [-0.39, 0.29) is 18.5 Å². The zero-order valence-corrected chi connectivity index (χ0v) is 18.1. The lowest BCUT2D eigenvalue weighted by Crippen LogP contribution is -2.44. The van der Waals surface area contributed by atoms with E-state index in [4.69, 9.17) is 14.7 Å². The highest BCUT2D eigenvalue weighted by atomic mass is 16.5. The van der Waals surface area contributed by atoms with Gasteiger partial charge in [-0.3, -0.25) is 14.0 Å². The largest absolute Gasteiger partial charge is 0.378 e. The summed E-state index contributed by atoms with van der Waals surface area (Å²) >= 11 is 0. The summed E-state index contributed by atoms with van der Waals surface area (Å²) in [5.74, 6) is 1.08. The molecule has 2 saturated heterocycles. The third-order valence-electron chi connectivity index (χ3n) is 5.77. The van der Waals surface area contributed by atoms with Gasteiger partial charge in [-0.25, -0.2) is 4.98 Å². The molecule has 0 aliphatic carbocycles. The molecule has 0 unspecified atom stereocenters. The normalized spacial score (nSPS) is 17.6.